The molecule has 1 saturated heterocycles. The minimum absolute atomic E-state index is 0.0980. The SMILES string of the molecule is CC(C)C1Cc2cc(N3CCCC3)c(-c3nccs3)cc2C2CC(=O)C(C(=O)O)=CN21. The number of anilines is 1. The van der Waals surface area contributed by atoms with Crippen LogP contribution >= 0.6 is 11.3 Å². The van der Waals surface area contributed by atoms with Crippen molar-refractivity contribution in [1.82, 2.24) is 9.88 Å². The summed E-state index contributed by atoms with van der Waals surface area (Å²) in [6, 6.07) is 4.59. The van der Waals surface area contributed by atoms with Gasteiger partial charge >= 0.3 is 5.97 Å². The summed E-state index contributed by atoms with van der Waals surface area (Å²) in [7, 11) is 0. The van der Waals surface area contributed by atoms with Gasteiger partial charge in [0.25, 0.3) is 0 Å². The third kappa shape index (κ3) is 3.45. The molecule has 3 aliphatic rings. The fraction of sp³-hybridized carbons (Fsp3) is 0.458. The van der Waals surface area contributed by atoms with Crippen molar-refractivity contribution in [2.45, 2.75) is 51.6 Å². The molecule has 2 aromatic rings. The maximum atomic E-state index is 12.7. The number of Topliss-reactive ketones (excluding diaryl/α,β-unsaturated/α-hetero) is 1. The van der Waals surface area contributed by atoms with Crippen LogP contribution in [0.25, 0.3) is 10.6 Å². The van der Waals surface area contributed by atoms with Crippen molar-refractivity contribution in [3.05, 3.63) is 46.6 Å². The number of aromatic nitrogens is 1. The standard InChI is InChI=1S/C24H27N3O3S/c1-14(2)19-9-15-10-20(26-6-3-4-7-26)17(23-25-5-8-31-23)11-16(15)21-12-22(28)18(24(29)30)13-27(19)21/h5,8,10-11,13-14,19,21H,3-4,6-7,9,12H2,1-2H3,(H,29,30). The largest absolute Gasteiger partial charge is 0.478 e. The average molecular weight is 438 g/mol. The number of hydrogen-bond acceptors (Lipinski definition) is 6. The monoisotopic (exact) mass is 437 g/mol. The summed E-state index contributed by atoms with van der Waals surface area (Å²) in [5, 5.41) is 12.5. The maximum Gasteiger partial charge on any atom is 0.340 e. The smallest absolute Gasteiger partial charge is 0.340 e. The lowest BCUT2D eigenvalue weighted by molar-refractivity contribution is -0.135. The molecular weight excluding hydrogens is 410 g/mol. The van der Waals surface area contributed by atoms with Crippen LogP contribution in [0.3, 0.4) is 0 Å². The molecule has 0 saturated carbocycles. The second-order valence-electron chi connectivity index (χ2n) is 9.05. The molecule has 1 fully saturated rings. The molecule has 0 bridgehead atoms. The van der Waals surface area contributed by atoms with Gasteiger partial charge in [-0.2, -0.15) is 0 Å². The van der Waals surface area contributed by atoms with Crippen molar-refractivity contribution in [3.63, 3.8) is 0 Å². The van der Waals surface area contributed by atoms with E-state index in [4.69, 9.17) is 0 Å². The van der Waals surface area contributed by atoms with Gasteiger partial charge in [0.2, 0.25) is 0 Å². The molecule has 2 unspecified atom stereocenters. The van der Waals surface area contributed by atoms with Gasteiger partial charge < -0.3 is 14.9 Å². The van der Waals surface area contributed by atoms with Crippen molar-refractivity contribution < 1.29 is 14.7 Å². The number of carbonyl (C=O) groups is 2. The zero-order chi connectivity index (χ0) is 21.7. The van der Waals surface area contributed by atoms with E-state index in [9.17, 15) is 14.7 Å². The van der Waals surface area contributed by atoms with Gasteiger partial charge in [-0.3, -0.25) is 4.79 Å². The second kappa shape index (κ2) is 7.79. The molecule has 1 aromatic carbocycles. The van der Waals surface area contributed by atoms with Crippen molar-refractivity contribution in [3.8, 4) is 10.6 Å². The van der Waals surface area contributed by atoms with E-state index in [1.54, 1.807) is 17.5 Å². The Kier molecular flexibility index (Phi) is 5.08. The first-order valence-corrected chi connectivity index (χ1v) is 11.9. The Balaban J connectivity index is 1.67. The number of thiazole rings is 1. The zero-order valence-electron chi connectivity index (χ0n) is 17.9. The van der Waals surface area contributed by atoms with E-state index in [2.05, 4.69) is 40.8 Å². The topological polar surface area (TPSA) is 73.7 Å². The Labute approximate surface area is 186 Å². The number of ketones is 1. The summed E-state index contributed by atoms with van der Waals surface area (Å²) >= 11 is 1.63. The van der Waals surface area contributed by atoms with E-state index in [0.29, 0.717) is 5.92 Å². The fourth-order valence-corrected chi connectivity index (χ4v) is 5.93. The summed E-state index contributed by atoms with van der Waals surface area (Å²) < 4.78 is 0. The quantitative estimate of drug-likeness (QED) is 0.720. The Bertz CT molecular complexity index is 1050. The van der Waals surface area contributed by atoms with Gasteiger partial charge in [0.1, 0.15) is 10.6 Å². The van der Waals surface area contributed by atoms with Crippen LogP contribution in [0.5, 0.6) is 0 Å². The molecule has 0 spiro atoms. The highest BCUT2D eigenvalue weighted by molar-refractivity contribution is 7.13. The molecule has 1 N–H and O–H groups in total. The van der Waals surface area contributed by atoms with E-state index < -0.39 is 5.97 Å². The molecule has 1 aromatic heterocycles. The lowest BCUT2D eigenvalue weighted by Crippen LogP contribution is -2.47. The molecule has 5 rings (SSSR count). The van der Waals surface area contributed by atoms with E-state index in [-0.39, 0.29) is 29.9 Å². The Morgan fingerprint density at radius 2 is 2.00 bits per heavy atom. The zero-order valence-corrected chi connectivity index (χ0v) is 18.7. The molecule has 31 heavy (non-hydrogen) atoms. The van der Waals surface area contributed by atoms with E-state index in [1.807, 2.05) is 11.6 Å². The van der Waals surface area contributed by atoms with Crippen LogP contribution in [0, 0.1) is 5.92 Å². The third-order valence-electron chi connectivity index (χ3n) is 6.86. The molecule has 6 nitrogen and oxygen atoms in total. The molecule has 0 radical (unpaired) electrons. The first kappa shape index (κ1) is 20.2. The summed E-state index contributed by atoms with van der Waals surface area (Å²) in [6.07, 6.45) is 6.90. The molecular formula is C24H27N3O3S. The molecule has 162 valence electrons. The Morgan fingerprint density at radius 1 is 1.23 bits per heavy atom. The Hall–Kier alpha value is -2.67. The first-order chi connectivity index (χ1) is 14.9. The van der Waals surface area contributed by atoms with Crippen LogP contribution in [0.1, 0.15) is 50.3 Å². The number of rotatable bonds is 4. The van der Waals surface area contributed by atoms with Crippen LogP contribution in [0.4, 0.5) is 5.69 Å². The Morgan fingerprint density at radius 3 is 2.65 bits per heavy atom. The van der Waals surface area contributed by atoms with E-state index in [1.165, 1.54) is 24.1 Å². The summed E-state index contributed by atoms with van der Waals surface area (Å²) in [5.41, 5.74) is 4.69. The van der Waals surface area contributed by atoms with Crippen molar-refractivity contribution >= 4 is 28.8 Å². The van der Waals surface area contributed by atoms with Crippen LogP contribution in [-0.4, -0.2) is 45.9 Å². The van der Waals surface area contributed by atoms with E-state index >= 15 is 0 Å². The number of benzene rings is 1. The second-order valence-corrected chi connectivity index (χ2v) is 9.95. The predicted octanol–water partition coefficient (Wildman–Crippen LogP) is 4.28. The van der Waals surface area contributed by atoms with Gasteiger partial charge in [0, 0.05) is 54.6 Å². The first-order valence-electron chi connectivity index (χ1n) is 11.0. The van der Waals surface area contributed by atoms with Gasteiger partial charge in [-0.25, -0.2) is 9.78 Å². The van der Waals surface area contributed by atoms with Gasteiger partial charge in [-0.15, -0.1) is 11.3 Å². The molecule has 0 aliphatic carbocycles. The number of aliphatic carboxylic acids is 1. The highest BCUT2D eigenvalue weighted by Gasteiger charge is 2.41. The summed E-state index contributed by atoms with van der Waals surface area (Å²) in [4.78, 5) is 33.5. The van der Waals surface area contributed by atoms with Crippen molar-refractivity contribution in [1.29, 1.82) is 0 Å². The molecule has 3 aliphatic heterocycles. The van der Waals surface area contributed by atoms with Crippen LogP contribution in [0.2, 0.25) is 0 Å². The highest BCUT2D eigenvalue weighted by Crippen LogP contribution is 2.46. The van der Waals surface area contributed by atoms with Gasteiger partial charge in [-0.1, -0.05) is 13.8 Å². The van der Waals surface area contributed by atoms with Gasteiger partial charge in [0.05, 0.1) is 6.04 Å². The highest BCUT2D eigenvalue weighted by atomic mass is 32.1. The third-order valence-corrected chi connectivity index (χ3v) is 7.66. The average Bonchev–Trinajstić information content (AvgIpc) is 3.45. The minimum Gasteiger partial charge on any atom is -0.478 e. The number of hydrogen-bond donors (Lipinski definition) is 1. The molecule has 0 amide bonds. The normalized spacial score (nSPS) is 23.1. The number of carboxylic acids is 1. The minimum atomic E-state index is -1.13. The summed E-state index contributed by atoms with van der Waals surface area (Å²) in [6.45, 7) is 6.46. The van der Waals surface area contributed by atoms with Gasteiger partial charge in [0.15, 0.2) is 5.78 Å². The lowest BCUT2D eigenvalue weighted by Gasteiger charge is -2.47. The van der Waals surface area contributed by atoms with Crippen molar-refractivity contribution in [2.24, 2.45) is 5.92 Å². The number of fused-ring (bicyclic) bond motifs is 3. The number of carboxylic acid groups (broad SMARTS) is 1. The predicted molar refractivity (Wildman–Crippen MR) is 121 cm³/mol. The maximum absolute atomic E-state index is 12.7. The van der Waals surface area contributed by atoms with Crippen molar-refractivity contribution in [2.75, 3.05) is 18.0 Å². The number of nitrogens with zero attached hydrogens (tertiary/aromatic N) is 3. The van der Waals surface area contributed by atoms with Crippen LogP contribution in [0.15, 0.2) is 35.5 Å². The molecule has 7 heteroatoms. The molecule has 2 atom stereocenters. The lowest BCUT2D eigenvalue weighted by atomic mass is 9.79. The van der Waals surface area contributed by atoms with Crippen LogP contribution < -0.4 is 4.90 Å². The fourth-order valence-electron chi connectivity index (χ4n) is 5.27. The number of carbonyl (C=O) groups excluding carboxylic acids is 1. The van der Waals surface area contributed by atoms with E-state index in [0.717, 1.165) is 35.6 Å². The summed E-state index contributed by atoms with van der Waals surface area (Å²) in [5.74, 6) is -1.09. The van der Waals surface area contributed by atoms with Crippen LogP contribution in [-0.2, 0) is 16.0 Å². The van der Waals surface area contributed by atoms with Gasteiger partial charge in [-0.05, 0) is 48.4 Å². The molecule has 4 heterocycles.